The van der Waals surface area contributed by atoms with Crippen LogP contribution < -0.4 is 4.90 Å². The van der Waals surface area contributed by atoms with Crippen molar-refractivity contribution in [3.05, 3.63) is 23.9 Å². The van der Waals surface area contributed by atoms with Gasteiger partial charge in [-0.25, -0.2) is 4.98 Å². The molecule has 0 N–H and O–H groups in total. The third kappa shape index (κ3) is 1.95. The molecule has 0 radical (unpaired) electrons. The van der Waals surface area contributed by atoms with E-state index in [1.165, 1.54) is 6.20 Å². The van der Waals surface area contributed by atoms with Crippen molar-refractivity contribution in [3.8, 4) is 6.07 Å². The summed E-state index contributed by atoms with van der Waals surface area (Å²) in [5.41, 5.74) is 0.493. The van der Waals surface area contributed by atoms with Crippen molar-refractivity contribution in [2.45, 2.75) is 11.7 Å². The third-order valence-electron chi connectivity index (χ3n) is 2.26. The van der Waals surface area contributed by atoms with Crippen molar-refractivity contribution in [2.24, 2.45) is 0 Å². The highest BCUT2D eigenvalue weighted by molar-refractivity contribution is 7.81. The first-order valence-electron chi connectivity index (χ1n) is 4.55. The Balaban J connectivity index is 2.23. The molecule has 0 aliphatic carbocycles. The van der Waals surface area contributed by atoms with Gasteiger partial charge in [-0.2, -0.15) is 17.9 Å². The minimum atomic E-state index is 0.0345. The molecule has 1 aliphatic rings. The highest BCUT2D eigenvalue weighted by Crippen LogP contribution is 2.21. The van der Waals surface area contributed by atoms with Crippen LogP contribution in [-0.2, 0) is 4.79 Å². The zero-order valence-electron chi connectivity index (χ0n) is 7.92. The van der Waals surface area contributed by atoms with Gasteiger partial charge in [0.15, 0.2) is 0 Å². The zero-order chi connectivity index (χ0) is 10.8. The second-order valence-electron chi connectivity index (χ2n) is 3.38. The monoisotopic (exact) mass is 219 g/mol. The second kappa shape index (κ2) is 3.91. The number of carbonyl (C=O) groups excluding carboxylic acids is 1. The summed E-state index contributed by atoms with van der Waals surface area (Å²) in [4.78, 5) is 17.2. The molecule has 4 nitrogen and oxygen atoms in total. The molecule has 0 aromatic carbocycles. The van der Waals surface area contributed by atoms with Gasteiger partial charge in [-0.05, 0) is 12.1 Å². The Hall–Kier alpha value is -1.54. The van der Waals surface area contributed by atoms with Crippen molar-refractivity contribution in [2.75, 3.05) is 11.4 Å². The van der Waals surface area contributed by atoms with Crippen LogP contribution in [0.3, 0.4) is 0 Å². The molecule has 2 heterocycles. The van der Waals surface area contributed by atoms with Crippen LogP contribution in [0.15, 0.2) is 18.3 Å². The standard InChI is InChI=1S/C10H9N3OS/c11-4-7-1-2-9(12-5-7)13-6-8(15)3-10(13)14/h1-2,5,8,15H,3,6H2. The van der Waals surface area contributed by atoms with Gasteiger partial charge in [-0.1, -0.05) is 0 Å². The van der Waals surface area contributed by atoms with Crippen molar-refractivity contribution >= 4 is 24.4 Å². The van der Waals surface area contributed by atoms with Crippen LogP contribution >= 0.6 is 12.6 Å². The average Bonchev–Trinajstić information content (AvgIpc) is 2.58. The zero-order valence-corrected chi connectivity index (χ0v) is 8.82. The van der Waals surface area contributed by atoms with Crippen LogP contribution in [0, 0.1) is 11.3 Å². The molecule has 1 aromatic rings. The van der Waals surface area contributed by atoms with E-state index in [1.54, 1.807) is 17.0 Å². The molecule has 1 aliphatic heterocycles. The number of amides is 1. The van der Waals surface area contributed by atoms with E-state index in [2.05, 4.69) is 17.6 Å². The predicted octanol–water partition coefficient (Wildman–Crippen LogP) is 0.988. The van der Waals surface area contributed by atoms with Crippen LogP contribution in [0.1, 0.15) is 12.0 Å². The quantitative estimate of drug-likeness (QED) is 0.716. The van der Waals surface area contributed by atoms with Crippen LogP contribution in [0.5, 0.6) is 0 Å². The van der Waals surface area contributed by atoms with Crippen LogP contribution in [0.25, 0.3) is 0 Å². The Kier molecular flexibility index (Phi) is 2.60. The normalized spacial score (nSPS) is 20.4. The molecule has 0 saturated carbocycles. The molecule has 1 atom stereocenters. The van der Waals surface area contributed by atoms with E-state index in [4.69, 9.17) is 5.26 Å². The lowest BCUT2D eigenvalue weighted by atomic mass is 10.3. The van der Waals surface area contributed by atoms with E-state index in [0.29, 0.717) is 24.3 Å². The first-order valence-corrected chi connectivity index (χ1v) is 5.07. The molecule has 0 spiro atoms. The molecule has 1 unspecified atom stereocenters. The average molecular weight is 219 g/mol. The van der Waals surface area contributed by atoms with Gasteiger partial charge < -0.3 is 0 Å². The Labute approximate surface area is 92.9 Å². The number of anilines is 1. The van der Waals surface area contributed by atoms with Gasteiger partial charge in [0, 0.05) is 24.4 Å². The fraction of sp³-hybridized carbons (Fsp3) is 0.300. The number of thiol groups is 1. The van der Waals surface area contributed by atoms with E-state index < -0.39 is 0 Å². The maximum atomic E-state index is 11.5. The Morgan fingerprint density at radius 1 is 1.60 bits per heavy atom. The van der Waals surface area contributed by atoms with E-state index in [-0.39, 0.29) is 11.2 Å². The van der Waals surface area contributed by atoms with Crippen molar-refractivity contribution in [3.63, 3.8) is 0 Å². The molecule has 0 bridgehead atoms. The number of nitrogens with zero attached hydrogens (tertiary/aromatic N) is 3. The van der Waals surface area contributed by atoms with Crippen molar-refractivity contribution in [1.29, 1.82) is 5.26 Å². The number of hydrogen-bond donors (Lipinski definition) is 1. The van der Waals surface area contributed by atoms with Crippen molar-refractivity contribution in [1.82, 2.24) is 4.98 Å². The molecule has 15 heavy (non-hydrogen) atoms. The minimum Gasteiger partial charge on any atom is -0.296 e. The first-order chi connectivity index (χ1) is 7.20. The van der Waals surface area contributed by atoms with Gasteiger partial charge in [0.05, 0.1) is 5.56 Å². The molecule has 2 rings (SSSR count). The first kappa shape index (κ1) is 9.99. The fourth-order valence-corrected chi connectivity index (χ4v) is 1.84. The summed E-state index contributed by atoms with van der Waals surface area (Å²) in [6.45, 7) is 0.584. The van der Waals surface area contributed by atoms with E-state index >= 15 is 0 Å². The Morgan fingerprint density at radius 3 is 2.87 bits per heavy atom. The number of rotatable bonds is 1. The number of nitriles is 1. The lowest BCUT2D eigenvalue weighted by Crippen LogP contribution is -2.25. The van der Waals surface area contributed by atoms with Gasteiger partial charge in [0.25, 0.3) is 0 Å². The lowest BCUT2D eigenvalue weighted by molar-refractivity contribution is -0.117. The molecular formula is C10H9N3OS. The molecule has 1 saturated heterocycles. The fourth-order valence-electron chi connectivity index (χ4n) is 1.52. The van der Waals surface area contributed by atoms with E-state index in [9.17, 15) is 4.79 Å². The van der Waals surface area contributed by atoms with Gasteiger partial charge >= 0.3 is 0 Å². The highest BCUT2D eigenvalue weighted by atomic mass is 32.1. The summed E-state index contributed by atoms with van der Waals surface area (Å²) in [6.07, 6.45) is 1.92. The van der Waals surface area contributed by atoms with Gasteiger partial charge in [-0.15, -0.1) is 0 Å². The van der Waals surface area contributed by atoms with E-state index in [1.807, 2.05) is 6.07 Å². The number of aromatic nitrogens is 1. The maximum Gasteiger partial charge on any atom is 0.229 e. The van der Waals surface area contributed by atoms with Crippen molar-refractivity contribution < 1.29 is 4.79 Å². The van der Waals surface area contributed by atoms with Gasteiger partial charge in [-0.3, -0.25) is 9.69 Å². The van der Waals surface area contributed by atoms with Crippen LogP contribution in [-0.4, -0.2) is 22.7 Å². The number of hydrogen-bond acceptors (Lipinski definition) is 4. The molecule has 1 amide bonds. The second-order valence-corrected chi connectivity index (χ2v) is 4.11. The maximum absolute atomic E-state index is 11.5. The minimum absolute atomic E-state index is 0.0345. The Morgan fingerprint density at radius 2 is 2.40 bits per heavy atom. The Bertz CT molecular complexity index is 423. The van der Waals surface area contributed by atoms with Gasteiger partial charge in [0.1, 0.15) is 11.9 Å². The van der Waals surface area contributed by atoms with Crippen LogP contribution in [0.2, 0.25) is 0 Å². The smallest absolute Gasteiger partial charge is 0.229 e. The summed E-state index contributed by atoms with van der Waals surface area (Å²) in [5.74, 6) is 0.628. The molecule has 76 valence electrons. The van der Waals surface area contributed by atoms with Crippen LogP contribution in [0.4, 0.5) is 5.82 Å². The lowest BCUT2D eigenvalue weighted by Gasteiger charge is -2.14. The number of carbonyl (C=O) groups is 1. The largest absolute Gasteiger partial charge is 0.296 e. The third-order valence-corrected chi connectivity index (χ3v) is 2.60. The molecular weight excluding hydrogens is 210 g/mol. The SMILES string of the molecule is N#Cc1ccc(N2CC(S)CC2=O)nc1. The number of pyridine rings is 1. The summed E-state index contributed by atoms with van der Waals surface area (Å²) in [5, 5.41) is 8.68. The summed E-state index contributed by atoms with van der Waals surface area (Å²) < 4.78 is 0. The topological polar surface area (TPSA) is 57.0 Å². The summed E-state index contributed by atoms with van der Waals surface area (Å²) in [6, 6.07) is 5.32. The predicted molar refractivity (Wildman–Crippen MR) is 58.7 cm³/mol. The summed E-state index contributed by atoms with van der Waals surface area (Å²) >= 11 is 4.26. The highest BCUT2D eigenvalue weighted by Gasteiger charge is 2.28. The van der Waals surface area contributed by atoms with E-state index in [0.717, 1.165) is 0 Å². The van der Waals surface area contributed by atoms with Gasteiger partial charge in [0.2, 0.25) is 5.91 Å². The molecule has 1 aromatic heterocycles. The molecule has 5 heteroatoms. The summed E-state index contributed by atoms with van der Waals surface area (Å²) in [7, 11) is 0. The molecule has 1 fully saturated rings.